The minimum absolute atomic E-state index is 0.112. The van der Waals surface area contributed by atoms with Crippen LogP contribution in [0.4, 0.5) is 0 Å². The molecule has 0 aromatic rings. The molecule has 0 spiro atoms. The Morgan fingerprint density at radius 3 is 2.74 bits per heavy atom. The van der Waals surface area contributed by atoms with E-state index in [1.165, 1.54) is 6.92 Å². The van der Waals surface area contributed by atoms with Gasteiger partial charge in [-0.3, -0.25) is 4.79 Å². The lowest BCUT2D eigenvalue weighted by Gasteiger charge is -2.42. The maximum Gasteiger partial charge on any atom is 0.303 e. The summed E-state index contributed by atoms with van der Waals surface area (Å²) >= 11 is 6.30. The Morgan fingerprint density at radius 2 is 2.00 bits per heavy atom. The number of hydrogen-bond donors (Lipinski definition) is 0. The fourth-order valence-electron chi connectivity index (χ4n) is 4.04. The van der Waals surface area contributed by atoms with Gasteiger partial charge in [0.05, 0.1) is 18.6 Å². The summed E-state index contributed by atoms with van der Waals surface area (Å²) in [7, 11) is 0. The van der Waals surface area contributed by atoms with Gasteiger partial charge in [-0.2, -0.15) is 0 Å². The number of halogens is 1. The molecule has 0 saturated carbocycles. The van der Waals surface area contributed by atoms with Crippen molar-refractivity contribution in [2.45, 2.75) is 61.0 Å². The van der Waals surface area contributed by atoms with Crippen LogP contribution in [0, 0.1) is 0 Å². The largest absolute Gasteiger partial charge is 0.454 e. The molecule has 5 aliphatic rings. The second kappa shape index (κ2) is 5.01. The molecule has 5 heterocycles. The van der Waals surface area contributed by atoms with E-state index in [1.54, 1.807) is 0 Å². The summed E-state index contributed by atoms with van der Waals surface area (Å²) in [5.74, 6) is -1.47. The Kier molecular flexibility index (Phi) is 3.23. The van der Waals surface area contributed by atoms with Crippen LogP contribution in [0.2, 0.25) is 0 Å². The van der Waals surface area contributed by atoms with Crippen molar-refractivity contribution in [1.82, 2.24) is 0 Å². The van der Waals surface area contributed by atoms with Crippen molar-refractivity contribution in [2.75, 3.05) is 19.8 Å². The fraction of sp³-hybridized carbons (Fsp3) is 0.929. The van der Waals surface area contributed by atoms with E-state index in [9.17, 15) is 4.79 Å². The molecule has 0 N–H and O–H groups in total. The van der Waals surface area contributed by atoms with E-state index in [2.05, 4.69) is 0 Å². The zero-order valence-electron chi connectivity index (χ0n) is 12.4. The molecule has 128 valence electrons. The molecule has 0 aromatic heterocycles. The van der Waals surface area contributed by atoms with Gasteiger partial charge >= 0.3 is 5.97 Å². The standard InChI is InChI=1S/C14H17ClO8/c1-5(16)20-11-10-8(15)6(2-17-10)21-13(11)23-14-4-19-9-7(22-14)3-18-12(9)14/h6-13H,2-4H2,1H3/t6-,7-,8+,9-,10+,11-,12+,13-,14+/m1/s1. The van der Waals surface area contributed by atoms with Crippen LogP contribution in [0.1, 0.15) is 6.92 Å². The number of hydrogen-bond acceptors (Lipinski definition) is 8. The van der Waals surface area contributed by atoms with Gasteiger partial charge in [0.25, 0.3) is 0 Å². The third-order valence-corrected chi connectivity index (χ3v) is 5.54. The summed E-state index contributed by atoms with van der Waals surface area (Å²) in [5.41, 5.74) is 0. The highest BCUT2D eigenvalue weighted by Gasteiger charge is 2.69. The number of ether oxygens (including phenoxy) is 7. The lowest BCUT2D eigenvalue weighted by molar-refractivity contribution is -0.377. The number of esters is 1. The molecule has 0 aliphatic carbocycles. The van der Waals surface area contributed by atoms with E-state index >= 15 is 0 Å². The topological polar surface area (TPSA) is 81.7 Å². The molecule has 9 atom stereocenters. The van der Waals surface area contributed by atoms with Crippen LogP contribution in [0.5, 0.6) is 0 Å². The van der Waals surface area contributed by atoms with Crippen molar-refractivity contribution in [3.8, 4) is 0 Å². The molecule has 5 fully saturated rings. The van der Waals surface area contributed by atoms with Crippen LogP contribution >= 0.6 is 11.6 Å². The Hall–Kier alpha value is -0.480. The zero-order valence-corrected chi connectivity index (χ0v) is 13.1. The third-order valence-electron chi connectivity index (χ3n) is 5.01. The summed E-state index contributed by atoms with van der Waals surface area (Å²) < 4.78 is 40.3. The molecule has 5 saturated heterocycles. The molecule has 9 heteroatoms. The Bertz CT molecular complexity index is 531. The summed E-state index contributed by atoms with van der Waals surface area (Å²) in [4.78, 5) is 11.4. The van der Waals surface area contributed by atoms with Crippen LogP contribution in [0.25, 0.3) is 0 Å². The predicted octanol–water partition coefficient (Wildman–Crippen LogP) is -0.441. The number of alkyl halides is 1. The Morgan fingerprint density at radius 1 is 1.17 bits per heavy atom. The first-order valence-electron chi connectivity index (χ1n) is 7.75. The minimum Gasteiger partial charge on any atom is -0.454 e. The monoisotopic (exact) mass is 348 g/mol. The molecule has 0 aromatic carbocycles. The van der Waals surface area contributed by atoms with E-state index in [1.807, 2.05) is 0 Å². The molecular formula is C14H17ClO8. The Balaban J connectivity index is 1.39. The number of carbonyl (C=O) groups excluding carboxylic acids is 1. The van der Waals surface area contributed by atoms with Gasteiger partial charge in [0.15, 0.2) is 6.10 Å². The average molecular weight is 349 g/mol. The normalized spacial score (nSPS) is 56.3. The van der Waals surface area contributed by atoms with E-state index in [4.69, 9.17) is 44.8 Å². The maximum atomic E-state index is 11.4. The molecule has 0 radical (unpaired) electrons. The van der Waals surface area contributed by atoms with Crippen LogP contribution in [-0.2, 0) is 38.0 Å². The van der Waals surface area contributed by atoms with Crippen molar-refractivity contribution < 1.29 is 38.0 Å². The SMILES string of the molecule is CC(=O)O[C@H]1[C@@H](O[C@@]23CO[C@@H]4[C@@H](CO[C@@H]42)O3)O[C@@H]2CO[C@H]1[C@H]2Cl. The van der Waals surface area contributed by atoms with Crippen LogP contribution in [-0.4, -0.2) is 79.9 Å². The second-order valence-corrected chi connectivity index (χ2v) is 6.98. The lowest BCUT2D eigenvalue weighted by atomic mass is 10.0. The van der Waals surface area contributed by atoms with Crippen molar-refractivity contribution in [3.63, 3.8) is 0 Å². The average Bonchev–Trinajstić information content (AvgIpc) is 3.20. The highest BCUT2D eigenvalue weighted by atomic mass is 35.5. The minimum atomic E-state index is -1.02. The van der Waals surface area contributed by atoms with Crippen molar-refractivity contribution in [2.24, 2.45) is 0 Å². The smallest absolute Gasteiger partial charge is 0.303 e. The highest BCUT2D eigenvalue weighted by molar-refractivity contribution is 6.21. The quantitative estimate of drug-likeness (QED) is 0.501. The van der Waals surface area contributed by atoms with Gasteiger partial charge < -0.3 is 33.2 Å². The summed E-state index contributed by atoms with van der Waals surface area (Å²) in [6, 6.07) is 0. The van der Waals surface area contributed by atoms with Gasteiger partial charge in [-0.15, -0.1) is 11.6 Å². The van der Waals surface area contributed by atoms with Gasteiger partial charge in [-0.25, -0.2) is 0 Å². The molecule has 5 aliphatic heterocycles. The van der Waals surface area contributed by atoms with Crippen LogP contribution in [0.15, 0.2) is 0 Å². The summed E-state index contributed by atoms with van der Waals surface area (Å²) in [6.45, 7) is 2.42. The van der Waals surface area contributed by atoms with E-state index < -0.39 is 30.3 Å². The van der Waals surface area contributed by atoms with Crippen molar-refractivity contribution in [1.29, 1.82) is 0 Å². The van der Waals surface area contributed by atoms with Gasteiger partial charge in [-0.05, 0) is 0 Å². The molecule has 0 unspecified atom stereocenters. The van der Waals surface area contributed by atoms with Crippen LogP contribution < -0.4 is 0 Å². The van der Waals surface area contributed by atoms with Gasteiger partial charge in [0.2, 0.25) is 12.1 Å². The number of fused-ring (bicyclic) bond motifs is 2. The first kappa shape index (κ1) is 14.8. The van der Waals surface area contributed by atoms with Crippen molar-refractivity contribution in [3.05, 3.63) is 0 Å². The first-order chi connectivity index (χ1) is 11.1. The maximum absolute atomic E-state index is 11.4. The fourth-order valence-corrected chi connectivity index (χ4v) is 4.39. The summed E-state index contributed by atoms with van der Waals surface area (Å²) in [6.07, 6.45) is -2.91. The van der Waals surface area contributed by atoms with E-state index in [0.717, 1.165) is 0 Å². The molecule has 6 bridgehead atoms. The second-order valence-electron chi connectivity index (χ2n) is 6.47. The van der Waals surface area contributed by atoms with Gasteiger partial charge in [0, 0.05) is 6.92 Å². The molecule has 23 heavy (non-hydrogen) atoms. The first-order valence-corrected chi connectivity index (χ1v) is 8.18. The number of rotatable bonds is 3. The van der Waals surface area contributed by atoms with Crippen molar-refractivity contribution >= 4 is 17.6 Å². The van der Waals surface area contributed by atoms with E-state index in [-0.39, 0.29) is 36.4 Å². The lowest BCUT2D eigenvalue weighted by Crippen LogP contribution is -2.59. The Labute approximate surface area is 137 Å². The van der Waals surface area contributed by atoms with E-state index in [0.29, 0.717) is 13.2 Å². The molecule has 0 amide bonds. The van der Waals surface area contributed by atoms with Crippen LogP contribution in [0.3, 0.4) is 0 Å². The zero-order chi connectivity index (χ0) is 15.8. The van der Waals surface area contributed by atoms with Gasteiger partial charge in [-0.1, -0.05) is 0 Å². The number of carbonyl (C=O) groups is 1. The summed E-state index contributed by atoms with van der Waals surface area (Å²) in [5, 5.41) is -0.388. The van der Waals surface area contributed by atoms with Gasteiger partial charge in [0.1, 0.15) is 37.1 Å². The predicted molar refractivity (Wildman–Crippen MR) is 71.8 cm³/mol. The molecular weight excluding hydrogens is 332 g/mol. The third kappa shape index (κ3) is 2.03. The highest BCUT2D eigenvalue weighted by Crippen LogP contribution is 2.49. The molecule has 8 nitrogen and oxygen atoms in total. The molecule has 5 rings (SSSR count).